The second-order valence-electron chi connectivity index (χ2n) is 5.12. The van der Waals surface area contributed by atoms with Crippen molar-refractivity contribution in [1.29, 1.82) is 0 Å². The van der Waals surface area contributed by atoms with Crippen molar-refractivity contribution in [3.63, 3.8) is 0 Å². The number of rotatable bonds is 9. The van der Waals surface area contributed by atoms with E-state index >= 15 is 0 Å². The first-order valence-electron chi connectivity index (χ1n) is 7.24. The van der Waals surface area contributed by atoms with Crippen molar-refractivity contribution in [2.24, 2.45) is 0 Å². The number of nitrogens with one attached hydrogen (secondary N) is 1. The summed E-state index contributed by atoms with van der Waals surface area (Å²) in [4.78, 5) is 0. The molecule has 0 heterocycles. The van der Waals surface area contributed by atoms with E-state index in [1.807, 2.05) is 26.0 Å². The monoisotopic (exact) mass is 267 g/mol. The molecule has 0 bridgehead atoms. The van der Waals surface area contributed by atoms with Crippen LogP contribution in [0, 0.1) is 5.82 Å². The molecule has 1 aromatic carbocycles. The fourth-order valence-electron chi connectivity index (χ4n) is 2.02. The Morgan fingerprint density at radius 3 is 2.47 bits per heavy atom. The minimum absolute atomic E-state index is 0.180. The first-order valence-corrected chi connectivity index (χ1v) is 7.24. The van der Waals surface area contributed by atoms with Crippen LogP contribution < -0.4 is 5.32 Å². The number of hydrogen-bond donors (Lipinski definition) is 1. The quantitative estimate of drug-likeness (QED) is 0.681. The minimum atomic E-state index is -0.180. The number of ether oxygens (including phenoxy) is 1. The van der Waals surface area contributed by atoms with Crippen molar-refractivity contribution >= 4 is 0 Å². The van der Waals surface area contributed by atoms with Crippen LogP contribution >= 0.6 is 0 Å². The van der Waals surface area contributed by atoms with Gasteiger partial charge in [0.2, 0.25) is 0 Å². The molecule has 1 atom stereocenters. The summed E-state index contributed by atoms with van der Waals surface area (Å²) in [5.41, 5.74) is 1.15. The zero-order valence-corrected chi connectivity index (χ0v) is 12.3. The van der Waals surface area contributed by atoms with Gasteiger partial charge in [-0.25, -0.2) is 4.39 Å². The topological polar surface area (TPSA) is 21.3 Å². The third kappa shape index (κ3) is 6.69. The highest BCUT2D eigenvalue weighted by molar-refractivity contribution is 5.19. The van der Waals surface area contributed by atoms with Crippen LogP contribution in [0.4, 0.5) is 4.39 Å². The van der Waals surface area contributed by atoms with Crippen LogP contribution in [0.1, 0.15) is 51.6 Å². The molecule has 0 aromatic heterocycles. The van der Waals surface area contributed by atoms with Gasteiger partial charge in [0.1, 0.15) is 5.82 Å². The molecule has 0 saturated heterocycles. The number of benzene rings is 1. The third-order valence-corrected chi connectivity index (χ3v) is 3.06. The van der Waals surface area contributed by atoms with Crippen LogP contribution in [-0.4, -0.2) is 19.3 Å². The average molecular weight is 267 g/mol. The maximum atomic E-state index is 13.0. The van der Waals surface area contributed by atoms with Gasteiger partial charge in [0.15, 0.2) is 0 Å². The van der Waals surface area contributed by atoms with Crippen LogP contribution in [0.25, 0.3) is 0 Å². The number of unbranched alkanes of at least 4 members (excludes halogenated alkanes) is 1. The van der Waals surface area contributed by atoms with Gasteiger partial charge < -0.3 is 10.1 Å². The second-order valence-corrected chi connectivity index (χ2v) is 5.12. The first-order chi connectivity index (χ1) is 9.13. The molecule has 0 aliphatic rings. The van der Waals surface area contributed by atoms with Gasteiger partial charge in [0.05, 0.1) is 12.7 Å². The van der Waals surface area contributed by atoms with E-state index in [9.17, 15) is 4.39 Å². The maximum Gasteiger partial charge on any atom is 0.123 e. The van der Waals surface area contributed by atoms with E-state index in [1.165, 1.54) is 25.0 Å². The molecule has 108 valence electrons. The van der Waals surface area contributed by atoms with E-state index in [2.05, 4.69) is 12.2 Å². The molecule has 1 rings (SSSR count). The standard InChI is InChI=1S/C16H26FNO/c1-4-5-6-16(18-11-12-19-13(2)3)14-7-9-15(17)10-8-14/h7-10,13,16,18H,4-6,11-12H2,1-3H3. The molecular formula is C16H26FNO. The lowest BCUT2D eigenvalue weighted by Crippen LogP contribution is -2.26. The average Bonchev–Trinajstić information content (AvgIpc) is 2.39. The van der Waals surface area contributed by atoms with Gasteiger partial charge in [-0.2, -0.15) is 0 Å². The van der Waals surface area contributed by atoms with Crippen molar-refractivity contribution in [3.8, 4) is 0 Å². The smallest absolute Gasteiger partial charge is 0.123 e. The molecule has 0 amide bonds. The predicted molar refractivity (Wildman–Crippen MR) is 77.8 cm³/mol. The van der Waals surface area contributed by atoms with E-state index in [0.29, 0.717) is 6.61 Å². The Kier molecular flexibility index (Phi) is 7.68. The molecule has 0 aliphatic carbocycles. The van der Waals surface area contributed by atoms with Crippen molar-refractivity contribution in [3.05, 3.63) is 35.6 Å². The summed E-state index contributed by atoms with van der Waals surface area (Å²) in [6.07, 6.45) is 3.67. The third-order valence-electron chi connectivity index (χ3n) is 3.06. The predicted octanol–water partition coefficient (Wildman–Crippen LogP) is 4.07. The molecular weight excluding hydrogens is 241 g/mol. The van der Waals surface area contributed by atoms with Gasteiger partial charge in [-0.15, -0.1) is 0 Å². The van der Waals surface area contributed by atoms with Gasteiger partial charge in [-0.05, 0) is 38.0 Å². The van der Waals surface area contributed by atoms with Crippen LogP contribution in [0.3, 0.4) is 0 Å². The van der Waals surface area contributed by atoms with E-state index < -0.39 is 0 Å². The van der Waals surface area contributed by atoms with Crippen LogP contribution in [0.2, 0.25) is 0 Å². The summed E-state index contributed by atoms with van der Waals surface area (Å²) >= 11 is 0. The first kappa shape index (κ1) is 16.1. The summed E-state index contributed by atoms with van der Waals surface area (Å²) in [5, 5.41) is 3.50. The van der Waals surface area contributed by atoms with Gasteiger partial charge >= 0.3 is 0 Å². The second kappa shape index (κ2) is 9.05. The molecule has 0 aliphatic heterocycles. The van der Waals surface area contributed by atoms with E-state index in [-0.39, 0.29) is 18.0 Å². The molecule has 1 aromatic rings. The highest BCUT2D eigenvalue weighted by atomic mass is 19.1. The van der Waals surface area contributed by atoms with Gasteiger partial charge in [-0.3, -0.25) is 0 Å². The Labute approximate surface area is 116 Å². The largest absolute Gasteiger partial charge is 0.377 e. The normalized spacial score (nSPS) is 12.9. The lowest BCUT2D eigenvalue weighted by Gasteiger charge is -2.19. The van der Waals surface area contributed by atoms with Gasteiger partial charge in [0, 0.05) is 12.6 Å². The SMILES string of the molecule is CCCCC(NCCOC(C)C)c1ccc(F)cc1. The summed E-state index contributed by atoms with van der Waals surface area (Å²) in [5.74, 6) is -0.180. The van der Waals surface area contributed by atoms with Crippen molar-refractivity contribution in [2.75, 3.05) is 13.2 Å². The Morgan fingerprint density at radius 1 is 1.21 bits per heavy atom. The zero-order chi connectivity index (χ0) is 14.1. The summed E-state index contributed by atoms with van der Waals surface area (Å²) in [7, 11) is 0. The molecule has 3 heteroatoms. The summed E-state index contributed by atoms with van der Waals surface area (Å²) in [6, 6.07) is 7.08. The van der Waals surface area contributed by atoms with Crippen molar-refractivity contribution in [2.45, 2.75) is 52.2 Å². The molecule has 2 nitrogen and oxygen atoms in total. The fraction of sp³-hybridized carbons (Fsp3) is 0.625. The Bertz CT molecular complexity index is 337. The molecule has 0 saturated carbocycles. The lowest BCUT2D eigenvalue weighted by molar-refractivity contribution is 0.0791. The molecule has 0 radical (unpaired) electrons. The van der Waals surface area contributed by atoms with Crippen LogP contribution in [0.5, 0.6) is 0 Å². The number of hydrogen-bond acceptors (Lipinski definition) is 2. The summed E-state index contributed by atoms with van der Waals surface area (Å²) in [6.45, 7) is 7.79. The van der Waals surface area contributed by atoms with E-state index in [1.54, 1.807) is 0 Å². The van der Waals surface area contributed by atoms with E-state index in [4.69, 9.17) is 4.74 Å². The van der Waals surface area contributed by atoms with Crippen molar-refractivity contribution < 1.29 is 9.13 Å². The Morgan fingerprint density at radius 2 is 1.89 bits per heavy atom. The Hall–Kier alpha value is -0.930. The highest BCUT2D eigenvalue weighted by Crippen LogP contribution is 2.19. The lowest BCUT2D eigenvalue weighted by atomic mass is 10.0. The van der Waals surface area contributed by atoms with Crippen LogP contribution in [0.15, 0.2) is 24.3 Å². The maximum absolute atomic E-state index is 13.0. The van der Waals surface area contributed by atoms with Crippen LogP contribution in [-0.2, 0) is 4.74 Å². The zero-order valence-electron chi connectivity index (χ0n) is 12.3. The van der Waals surface area contributed by atoms with Gasteiger partial charge in [0.25, 0.3) is 0 Å². The molecule has 0 spiro atoms. The Balaban J connectivity index is 2.48. The molecule has 1 N–H and O–H groups in total. The fourth-order valence-corrected chi connectivity index (χ4v) is 2.02. The molecule has 1 unspecified atom stereocenters. The summed E-state index contributed by atoms with van der Waals surface area (Å²) < 4.78 is 18.5. The van der Waals surface area contributed by atoms with E-state index in [0.717, 1.165) is 18.5 Å². The number of halogens is 1. The minimum Gasteiger partial charge on any atom is -0.377 e. The van der Waals surface area contributed by atoms with Crippen molar-refractivity contribution in [1.82, 2.24) is 5.32 Å². The van der Waals surface area contributed by atoms with Gasteiger partial charge in [-0.1, -0.05) is 31.9 Å². The highest BCUT2D eigenvalue weighted by Gasteiger charge is 2.10. The molecule has 19 heavy (non-hydrogen) atoms. The molecule has 0 fully saturated rings.